The molecular weight excluding hydrogens is 362 g/mol. The van der Waals surface area contributed by atoms with Gasteiger partial charge in [0.15, 0.2) is 0 Å². The molecule has 0 spiro atoms. The molecule has 29 heavy (non-hydrogen) atoms. The fraction of sp³-hybridized carbons (Fsp3) is 0.292. The highest BCUT2D eigenvalue weighted by Crippen LogP contribution is 2.27. The molecule has 1 aliphatic rings. The number of amides is 1. The lowest BCUT2D eigenvalue weighted by Crippen LogP contribution is -2.39. The second-order valence-corrected chi connectivity index (χ2v) is 7.37. The first-order valence-electron chi connectivity index (χ1n) is 10.0. The largest absolute Gasteiger partial charge is 0.496 e. The van der Waals surface area contributed by atoms with Crippen LogP contribution in [0.1, 0.15) is 46.1 Å². The van der Waals surface area contributed by atoms with E-state index < -0.39 is 0 Å². The van der Waals surface area contributed by atoms with E-state index in [-0.39, 0.29) is 11.8 Å². The summed E-state index contributed by atoms with van der Waals surface area (Å²) in [7, 11) is 1.69. The van der Waals surface area contributed by atoms with Crippen LogP contribution in [-0.2, 0) is 6.42 Å². The summed E-state index contributed by atoms with van der Waals surface area (Å²) in [6, 6.07) is 17.9. The van der Waals surface area contributed by atoms with E-state index in [2.05, 4.69) is 29.2 Å². The van der Waals surface area contributed by atoms with Crippen LogP contribution in [0.15, 0.2) is 67.0 Å². The highest BCUT2D eigenvalue weighted by Gasteiger charge is 2.26. The number of ether oxygens (including phenoxy) is 1. The maximum Gasteiger partial charge on any atom is 0.255 e. The zero-order valence-corrected chi connectivity index (χ0v) is 16.6. The molecule has 148 valence electrons. The molecule has 0 aliphatic carbocycles. The Kier molecular flexibility index (Phi) is 5.84. The SMILES string of the molecule is COc1ccccc1Cc1cccc(C2CCCN(C(=O)c3cccnc3)C2)n1. The molecule has 1 saturated heterocycles. The second kappa shape index (κ2) is 8.86. The van der Waals surface area contributed by atoms with Gasteiger partial charge >= 0.3 is 0 Å². The van der Waals surface area contributed by atoms with Crippen LogP contribution >= 0.6 is 0 Å². The Labute approximate surface area is 171 Å². The summed E-state index contributed by atoms with van der Waals surface area (Å²) >= 11 is 0. The number of carbonyl (C=O) groups is 1. The van der Waals surface area contributed by atoms with E-state index in [0.29, 0.717) is 12.1 Å². The fourth-order valence-corrected chi connectivity index (χ4v) is 3.94. The maximum atomic E-state index is 12.8. The van der Waals surface area contributed by atoms with Crippen LogP contribution in [0, 0.1) is 0 Å². The zero-order chi connectivity index (χ0) is 20.1. The third kappa shape index (κ3) is 4.45. The molecule has 4 rings (SSSR count). The summed E-state index contributed by atoms with van der Waals surface area (Å²) in [6.07, 6.45) is 6.07. The number of methoxy groups -OCH3 is 1. The van der Waals surface area contributed by atoms with E-state index in [1.54, 1.807) is 25.6 Å². The van der Waals surface area contributed by atoms with Crippen molar-refractivity contribution in [2.24, 2.45) is 0 Å². The lowest BCUT2D eigenvalue weighted by Gasteiger charge is -2.32. The lowest BCUT2D eigenvalue weighted by atomic mass is 9.93. The van der Waals surface area contributed by atoms with Gasteiger partial charge in [-0.3, -0.25) is 14.8 Å². The van der Waals surface area contributed by atoms with Crippen LogP contribution in [-0.4, -0.2) is 41.0 Å². The van der Waals surface area contributed by atoms with Gasteiger partial charge in [0.05, 0.1) is 12.7 Å². The molecule has 1 unspecified atom stereocenters. The predicted octanol–water partition coefficient (Wildman–Crippen LogP) is 4.10. The van der Waals surface area contributed by atoms with Gasteiger partial charge in [0.1, 0.15) is 5.75 Å². The van der Waals surface area contributed by atoms with Crippen LogP contribution < -0.4 is 4.74 Å². The van der Waals surface area contributed by atoms with Gasteiger partial charge in [-0.05, 0) is 43.2 Å². The number of pyridine rings is 2. The monoisotopic (exact) mass is 387 g/mol. The average Bonchev–Trinajstić information content (AvgIpc) is 2.80. The highest BCUT2D eigenvalue weighted by atomic mass is 16.5. The molecule has 5 nitrogen and oxygen atoms in total. The van der Waals surface area contributed by atoms with Crippen LogP contribution in [0.3, 0.4) is 0 Å². The molecule has 0 N–H and O–H groups in total. The van der Waals surface area contributed by atoms with Gasteiger partial charge in [-0.2, -0.15) is 0 Å². The van der Waals surface area contributed by atoms with Gasteiger partial charge in [0, 0.05) is 54.8 Å². The predicted molar refractivity (Wildman–Crippen MR) is 112 cm³/mol. The zero-order valence-electron chi connectivity index (χ0n) is 16.6. The summed E-state index contributed by atoms with van der Waals surface area (Å²) in [5.41, 5.74) is 3.84. The molecule has 1 amide bonds. The molecule has 0 saturated carbocycles. The molecule has 5 heteroatoms. The smallest absolute Gasteiger partial charge is 0.255 e. The van der Waals surface area contributed by atoms with Gasteiger partial charge < -0.3 is 9.64 Å². The van der Waals surface area contributed by atoms with Crippen molar-refractivity contribution in [2.75, 3.05) is 20.2 Å². The molecule has 2 aromatic heterocycles. The molecule has 1 fully saturated rings. The van der Waals surface area contributed by atoms with Crippen LogP contribution in [0.25, 0.3) is 0 Å². The number of hydrogen-bond acceptors (Lipinski definition) is 4. The highest BCUT2D eigenvalue weighted by molar-refractivity contribution is 5.94. The Hall–Kier alpha value is -3.21. The van der Waals surface area contributed by atoms with Crippen molar-refractivity contribution < 1.29 is 9.53 Å². The Morgan fingerprint density at radius 3 is 2.86 bits per heavy atom. The van der Waals surface area contributed by atoms with Crippen molar-refractivity contribution in [1.82, 2.24) is 14.9 Å². The van der Waals surface area contributed by atoms with E-state index in [4.69, 9.17) is 9.72 Å². The molecule has 1 atom stereocenters. The molecule has 3 heterocycles. The van der Waals surface area contributed by atoms with E-state index in [1.165, 1.54) is 0 Å². The van der Waals surface area contributed by atoms with E-state index >= 15 is 0 Å². The van der Waals surface area contributed by atoms with Crippen LogP contribution in [0.2, 0.25) is 0 Å². The number of hydrogen-bond donors (Lipinski definition) is 0. The van der Waals surface area contributed by atoms with Gasteiger partial charge in [-0.15, -0.1) is 0 Å². The molecular formula is C24H25N3O2. The first-order chi connectivity index (χ1) is 14.2. The second-order valence-electron chi connectivity index (χ2n) is 7.37. The first-order valence-corrected chi connectivity index (χ1v) is 10.0. The molecule has 1 aliphatic heterocycles. The summed E-state index contributed by atoms with van der Waals surface area (Å²) in [6.45, 7) is 1.48. The Balaban J connectivity index is 1.50. The Morgan fingerprint density at radius 2 is 2.03 bits per heavy atom. The summed E-state index contributed by atoms with van der Waals surface area (Å²) < 4.78 is 5.47. The van der Waals surface area contributed by atoms with E-state index in [1.807, 2.05) is 29.2 Å². The third-order valence-electron chi connectivity index (χ3n) is 5.43. The number of carbonyl (C=O) groups excluding carboxylic acids is 1. The number of piperidine rings is 1. The van der Waals surface area contributed by atoms with Crippen LogP contribution in [0.5, 0.6) is 5.75 Å². The number of para-hydroxylation sites is 1. The Bertz CT molecular complexity index is 975. The summed E-state index contributed by atoms with van der Waals surface area (Å²) in [4.78, 5) is 23.7. The van der Waals surface area contributed by atoms with Crippen molar-refractivity contribution in [3.63, 3.8) is 0 Å². The summed E-state index contributed by atoms with van der Waals surface area (Å²) in [5, 5.41) is 0. The number of benzene rings is 1. The van der Waals surface area contributed by atoms with E-state index in [9.17, 15) is 4.79 Å². The number of rotatable bonds is 5. The normalized spacial score (nSPS) is 16.4. The minimum absolute atomic E-state index is 0.0491. The molecule has 1 aromatic carbocycles. The van der Waals surface area contributed by atoms with Crippen molar-refractivity contribution in [3.05, 3.63) is 89.5 Å². The van der Waals surface area contributed by atoms with Crippen molar-refractivity contribution in [2.45, 2.75) is 25.2 Å². The van der Waals surface area contributed by atoms with Gasteiger partial charge in [0.2, 0.25) is 0 Å². The quantitative estimate of drug-likeness (QED) is 0.662. The number of aromatic nitrogens is 2. The number of nitrogens with zero attached hydrogens (tertiary/aromatic N) is 3. The van der Waals surface area contributed by atoms with Crippen molar-refractivity contribution in [1.29, 1.82) is 0 Å². The minimum atomic E-state index is 0.0491. The van der Waals surface area contributed by atoms with Gasteiger partial charge in [-0.1, -0.05) is 24.3 Å². The number of likely N-dealkylation sites (tertiary alicyclic amines) is 1. The van der Waals surface area contributed by atoms with E-state index in [0.717, 1.165) is 48.5 Å². The molecule has 0 radical (unpaired) electrons. The molecule has 0 bridgehead atoms. The lowest BCUT2D eigenvalue weighted by molar-refractivity contribution is 0.0705. The minimum Gasteiger partial charge on any atom is -0.496 e. The fourth-order valence-electron chi connectivity index (χ4n) is 3.94. The van der Waals surface area contributed by atoms with Gasteiger partial charge in [-0.25, -0.2) is 0 Å². The first kappa shape index (κ1) is 19.1. The third-order valence-corrected chi connectivity index (χ3v) is 5.43. The topological polar surface area (TPSA) is 55.3 Å². The van der Waals surface area contributed by atoms with Crippen molar-refractivity contribution >= 4 is 5.91 Å². The maximum absolute atomic E-state index is 12.8. The standard InChI is InChI=1S/C24H25N3O2/c1-29-23-12-3-2-7-18(23)15-21-10-4-11-22(26-21)20-9-6-14-27(17-20)24(28)19-8-5-13-25-16-19/h2-5,7-8,10-13,16,20H,6,9,14-15,17H2,1H3. The van der Waals surface area contributed by atoms with Crippen molar-refractivity contribution in [3.8, 4) is 5.75 Å². The molecule has 3 aromatic rings. The van der Waals surface area contributed by atoms with Gasteiger partial charge in [0.25, 0.3) is 5.91 Å². The summed E-state index contributed by atoms with van der Waals surface area (Å²) in [5.74, 6) is 1.18. The average molecular weight is 387 g/mol. The van der Waals surface area contributed by atoms with Crippen LogP contribution in [0.4, 0.5) is 0 Å². The Morgan fingerprint density at radius 1 is 1.14 bits per heavy atom.